The first-order valence-corrected chi connectivity index (χ1v) is 7.00. The van der Waals surface area contributed by atoms with Gasteiger partial charge in [0.25, 0.3) is 0 Å². The minimum Gasteiger partial charge on any atom is -0.384 e. The predicted molar refractivity (Wildman–Crippen MR) is 69.7 cm³/mol. The van der Waals surface area contributed by atoms with Gasteiger partial charge in [-0.1, -0.05) is 33.1 Å². The first kappa shape index (κ1) is 14.0. The van der Waals surface area contributed by atoms with E-state index in [1.807, 2.05) is 0 Å². The minimum absolute atomic E-state index is 0.677. The molecule has 2 heteroatoms. The molecule has 1 N–H and O–H groups in total. The highest BCUT2D eigenvalue weighted by molar-refractivity contribution is 4.80. The van der Waals surface area contributed by atoms with E-state index in [2.05, 4.69) is 19.2 Å². The molecule has 96 valence electrons. The van der Waals surface area contributed by atoms with Crippen LogP contribution in [0, 0.1) is 11.8 Å². The van der Waals surface area contributed by atoms with Crippen LogP contribution in [0.2, 0.25) is 0 Å². The Morgan fingerprint density at radius 1 is 1.25 bits per heavy atom. The molecule has 2 nitrogen and oxygen atoms in total. The highest BCUT2D eigenvalue weighted by Crippen LogP contribution is 2.29. The Kier molecular flexibility index (Phi) is 7.06. The van der Waals surface area contributed by atoms with Crippen LogP contribution in [0.25, 0.3) is 0 Å². The first-order chi connectivity index (χ1) is 7.77. The van der Waals surface area contributed by atoms with Crippen molar-refractivity contribution in [2.45, 2.75) is 58.4 Å². The van der Waals surface area contributed by atoms with Gasteiger partial charge in [0.1, 0.15) is 0 Å². The van der Waals surface area contributed by atoms with Crippen LogP contribution in [0.4, 0.5) is 0 Å². The van der Waals surface area contributed by atoms with E-state index in [-0.39, 0.29) is 0 Å². The fourth-order valence-electron chi connectivity index (χ4n) is 3.03. The van der Waals surface area contributed by atoms with Gasteiger partial charge < -0.3 is 10.1 Å². The molecule has 1 rings (SSSR count). The van der Waals surface area contributed by atoms with Gasteiger partial charge in [0.2, 0.25) is 0 Å². The Morgan fingerprint density at radius 2 is 1.94 bits per heavy atom. The van der Waals surface area contributed by atoms with Crippen LogP contribution in [0.5, 0.6) is 0 Å². The highest BCUT2D eigenvalue weighted by Gasteiger charge is 2.24. The molecule has 1 aliphatic carbocycles. The van der Waals surface area contributed by atoms with E-state index < -0.39 is 0 Å². The van der Waals surface area contributed by atoms with Gasteiger partial charge in [-0.05, 0) is 37.6 Å². The summed E-state index contributed by atoms with van der Waals surface area (Å²) in [6.45, 7) is 6.52. The van der Waals surface area contributed by atoms with Gasteiger partial charge >= 0.3 is 0 Å². The molecule has 0 saturated heterocycles. The summed E-state index contributed by atoms with van der Waals surface area (Å²) in [4.78, 5) is 0. The summed E-state index contributed by atoms with van der Waals surface area (Å²) in [6.07, 6.45) is 8.44. The molecule has 0 spiro atoms. The average Bonchev–Trinajstić information content (AvgIpc) is 2.30. The molecule has 1 fully saturated rings. The molecule has 16 heavy (non-hydrogen) atoms. The van der Waals surface area contributed by atoms with Crippen LogP contribution in [0.1, 0.15) is 52.4 Å². The lowest BCUT2D eigenvalue weighted by Crippen LogP contribution is -2.39. The van der Waals surface area contributed by atoms with Crippen LogP contribution in [-0.2, 0) is 4.74 Å². The summed E-state index contributed by atoms with van der Waals surface area (Å²) >= 11 is 0. The van der Waals surface area contributed by atoms with Crippen LogP contribution in [0.3, 0.4) is 0 Å². The molecular formula is C14H29NO. The fraction of sp³-hybridized carbons (Fsp3) is 1.00. The van der Waals surface area contributed by atoms with Crippen molar-refractivity contribution < 1.29 is 4.74 Å². The minimum atomic E-state index is 0.677. The van der Waals surface area contributed by atoms with Crippen LogP contribution in [-0.4, -0.2) is 26.3 Å². The maximum Gasteiger partial charge on any atom is 0.0488 e. The van der Waals surface area contributed by atoms with Gasteiger partial charge in [-0.15, -0.1) is 0 Å². The zero-order chi connectivity index (χ0) is 11.8. The van der Waals surface area contributed by atoms with Crippen molar-refractivity contribution >= 4 is 0 Å². The lowest BCUT2D eigenvalue weighted by Gasteiger charge is -2.32. The van der Waals surface area contributed by atoms with E-state index in [0.717, 1.165) is 25.1 Å². The smallest absolute Gasteiger partial charge is 0.0488 e. The van der Waals surface area contributed by atoms with Gasteiger partial charge in [-0.3, -0.25) is 0 Å². The zero-order valence-electron chi connectivity index (χ0n) is 11.3. The van der Waals surface area contributed by atoms with E-state index in [1.165, 1.54) is 38.5 Å². The van der Waals surface area contributed by atoms with E-state index in [9.17, 15) is 0 Å². The van der Waals surface area contributed by atoms with Crippen molar-refractivity contribution in [1.29, 1.82) is 0 Å². The number of nitrogens with one attached hydrogen (secondary N) is 1. The van der Waals surface area contributed by atoms with Crippen molar-refractivity contribution in [3.63, 3.8) is 0 Å². The van der Waals surface area contributed by atoms with Crippen molar-refractivity contribution in [3.8, 4) is 0 Å². The second kappa shape index (κ2) is 8.08. The fourth-order valence-corrected chi connectivity index (χ4v) is 3.03. The van der Waals surface area contributed by atoms with E-state index in [0.29, 0.717) is 5.92 Å². The molecule has 0 radical (unpaired) electrons. The Morgan fingerprint density at radius 3 is 2.50 bits per heavy atom. The third-order valence-corrected chi connectivity index (χ3v) is 3.79. The quantitative estimate of drug-likeness (QED) is 0.721. The van der Waals surface area contributed by atoms with Crippen LogP contribution in [0.15, 0.2) is 0 Å². The topological polar surface area (TPSA) is 21.3 Å². The Labute approximate surface area is 101 Å². The summed E-state index contributed by atoms with van der Waals surface area (Å²) in [7, 11) is 1.80. The molecular weight excluding hydrogens is 198 g/mol. The number of hydrogen-bond acceptors (Lipinski definition) is 2. The number of ether oxygens (including phenoxy) is 1. The second-order valence-electron chi connectivity index (χ2n) is 5.36. The molecule has 0 aliphatic heterocycles. The van der Waals surface area contributed by atoms with Gasteiger partial charge in [0.15, 0.2) is 0 Å². The molecule has 1 aliphatic rings. The van der Waals surface area contributed by atoms with Crippen LogP contribution >= 0.6 is 0 Å². The Balaban J connectivity index is 2.38. The Hall–Kier alpha value is -0.0800. The molecule has 0 aromatic rings. The van der Waals surface area contributed by atoms with Gasteiger partial charge in [0, 0.05) is 19.8 Å². The van der Waals surface area contributed by atoms with E-state index in [1.54, 1.807) is 7.11 Å². The number of rotatable bonds is 7. The van der Waals surface area contributed by atoms with Gasteiger partial charge in [-0.2, -0.15) is 0 Å². The summed E-state index contributed by atoms with van der Waals surface area (Å²) in [6, 6.07) is 0.718. The highest BCUT2D eigenvalue weighted by atomic mass is 16.5. The SMILES string of the molecule is CCNC(CC(C)COC)C1CCCCC1. The molecule has 0 aromatic heterocycles. The maximum atomic E-state index is 5.24. The maximum absolute atomic E-state index is 5.24. The second-order valence-corrected chi connectivity index (χ2v) is 5.36. The summed E-state index contributed by atoms with van der Waals surface area (Å²) in [5.74, 6) is 1.59. The van der Waals surface area contributed by atoms with E-state index >= 15 is 0 Å². The monoisotopic (exact) mass is 227 g/mol. The third kappa shape index (κ3) is 4.84. The largest absolute Gasteiger partial charge is 0.384 e. The number of methoxy groups -OCH3 is 1. The lowest BCUT2D eigenvalue weighted by molar-refractivity contribution is 0.137. The van der Waals surface area contributed by atoms with Gasteiger partial charge in [0.05, 0.1) is 0 Å². The molecule has 0 bridgehead atoms. The van der Waals surface area contributed by atoms with Crippen molar-refractivity contribution in [2.24, 2.45) is 11.8 Å². The van der Waals surface area contributed by atoms with Crippen molar-refractivity contribution in [1.82, 2.24) is 5.32 Å². The number of hydrogen-bond donors (Lipinski definition) is 1. The summed E-state index contributed by atoms with van der Waals surface area (Å²) in [5, 5.41) is 3.69. The van der Waals surface area contributed by atoms with Gasteiger partial charge in [-0.25, -0.2) is 0 Å². The first-order valence-electron chi connectivity index (χ1n) is 7.00. The van der Waals surface area contributed by atoms with Crippen LogP contribution < -0.4 is 5.32 Å². The summed E-state index contributed by atoms with van der Waals surface area (Å²) < 4.78 is 5.24. The Bertz CT molecular complexity index is 166. The lowest BCUT2D eigenvalue weighted by atomic mass is 9.81. The molecule has 2 atom stereocenters. The van der Waals surface area contributed by atoms with Crippen molar-refractivity contribution in [3.05, 3.63) is 0 Å². The molecule has 0 amide bonds. The third-order valence-electron chi connectivity index (χ3n) is 3.79. The summed E-state index contributed by atoms with van der Waals surface area (Å²) in [5.41, 5.74) is 0. The zero-order valence-corrected chi connectivity index (χ0v) is 11.3. The molecule has 2 unspecified atom stereocenters. The van der Waals surface area contributed by atoms with Crippen molar-refractivity contribution in [2.75, 3.05) is 20.3 Å². The molecule has 0 heterocycles. The normalized spacial score (nSPS) is 21.9. The standard InChI is InChI=1S/C14H29NO/c1-4-15-14(10-12(2)11-16-3)13-8-6-5-7-9-13/h12-15H,4-11H2,1-3H3. The van der Waals surface area contributed by atoms with E-state index in [4.69, 9.17) is 4.74 Å². The molecule has 0 aromatic carbocycles. The predicted octanol–water partition coefficient (Wildman–Crippen LogP) is 3.22. The average molecular weight is 227 g/mol. The molecule has 1 saturated carbocycles.